The molecule has 0 bridgehead atoms. The fourth-order valence-electron chi connectivity index (χ4n) is 3.49. The van der Waals surface area contributed by atoms with Crippen molar-refractivity contribution < 1.29 is 9.90 Å². The van der Waals surface area contributed by atoms with Crippen LogP contribution in [0.3, 0.4) is 0 Å². The average molecular weight is 250 g/mol. The molecule has 0 atom stereocenters. The zero-order valence-electron chi connectivity index (χ0n) is 11.1. The Labute approximate surface area is 109 Å². The Kier molecular flexibility index (Phi) is 3.91. The van der Waals surface area contributed by atoms with Crippen LogP contribution >= 0.6 is 0 Å². The number of hydrogen-bond acceptors (Lipinski definition) is 3. The highest BCUT2D eigenvalue weighted by Gasteiger charge is 2.51. The summed E-state index contributed by atoms with van der Waals surface area (Å²) >= 11 is 0. The number of nitriles is 1. The fourth-order valence-corrected chi connectivity index (χ4v) is 3.49. The van der Waals surface area contributed by atoms with Gasteiger partial charge in [0.05, 0.1) is 12.7 Å². The van der Waals surface area contributed by atoms with Gasteiger partial charge < -0.3 is 10.0 Å². The topological polar surface area (TPSA) is 64.3 Å². The van der Waals surface area contributed by atoms with Gasteiger partial charge in [0.15, 0.2) is 0 Å². The molecule has 18 heavy (non-hydrogen) atoms. The van der Waals surface area contributed by atoms with Gasteiger partial charge in [0, 0.05) is 12.6 Å². The smallest absolute Gasteiger partial charge is 0.243 e. The van der Waals surface area contributed by atoms with Crippen molar-refractivity contribution in [3.63, 3.8) is 0 Å². The minimum absolute atomic E-state index is 0.0146. The number of carbonyl (C=O) groups is 1. The summed E-state index contributed by atoms with van der Waals surface area (Å²) in [6.07, 6.45) is 5.69. The van der Waals surface area contributed by atoms with Gasteiger partial charge in [-0.3, -0.25) is 4.79 Å². The molecule has 0 aromatic rings. The van der Waals surface area contributed by atoms with E-state index in [-0.39, 0.29) is 18.6 Å². The maximum Gasteiger partial charge on any atom is 0.243 e. The van der Waals surface area contributed by atoms with E-state index in [0.717, 1.165) is 25.7 Å². The third-order valence-corrected chi connectivity index (χ3v) is 4.38. The van der Waals surface area contributed by atoms with Crippen molar-refractivity contribution in [3.8, 4) is 6.07 Å². The van der Waals surface area contributed by atoms with E-state index in [4.69, 9.17) is 5.11 Å². The SMILES string of the molecule is CC1CC(C#N)(C(=O)N(CCO)C2CCCC2)C1. The van der Waals surface area contributed by atoms with E-state index in [9.17, 15) is 10.1 Å². The quantitative estimate of drug-likeness (QED) is 0.825. The highest BCUT2D eigenvalue weighted by Crippen LogP contribution is 2.47. The number of rotatable bonds is 4. The molecule has 2 aliphatic carbocycles. The average Bonchev–Trinajstić information content (AvgIpc) is 2.84. The molecule has 1 N–H and O–H groups in total. The van der Waals surface area contributed by atoms with Crippen molar-refractivity contribution >= 4 is 5.91 Å². The lowest BCUT2D eigenvalue weighted by molar-refractivity contribution is -0.148. The van der Waals surface area contributed by atoms with E-state index in [1.807, 2.05) is 0 Å². The number of amides is 1. The molecule has 0 aromatic heterocycles. The van der Waals surface area contributed by atoms with E-state index in [0.29, 0.717) is 25.3 Å². The van der Waals surface area contributed by atoms with Gasteiger partial charge in [-0.15, -0.1) is 0 Å². The predicted octanol–water partition coefficient (Wildman–Crippen LogP) is 1.69. The molecule has 0 aromatic carbocycles. The number of aliphatic hydroxyl groups excluding tert-OH is 1. The van der Waals surface area contributed by atoms with Crippen LogP contribution in [0.25, 0.3) is 0 Å². The molecule has 2 aliphatic rings. The third-order valence-electron chi connectivity index (χ3n) is 4.38. The van der Waals surface area contributed by atoms with Crippen LogP contribution in [-0.2, 0) is 4.79 Å². The zero-order chi connectivity index (χ0) is 13.2. The van der Waals surface area contributed by atoms with Gasteiger partial charge in [0.25, 0.3) is 0 Å². The lowest BCUT2D eigenvalue weighted by atomic mass is 9.62. The molecule has 2 saturated carbocycles. The molecule has 100 valence electrons. The molecule has 4 heteroatoms. The molecule has 2 rings (SSSR count). The van der Waals surface area contributed by atoms with Crippen LogP contribution in [0.15, 0.2) is 0 Å². The molecular weight excluding hydrogens is 228 g/mol. The van der Waals surface area contributed by atoms with Crippen molar-refractivity contribution in [2.24, 2.45) is 11.3 Å². The van der Waals surface area contributed by atoms with Crippen LogP contribution in [0.4, 0.5) is 0 Å². The van der Waals surface area contributed by atoms with E-state index < -0.39 is 5.41 Å². The first kappa shape index (κ1) is 13.4. The molecule has 0 heterocycles. The van der Waals surface area contributed by atoms with E-state index in [2.05, 4.69) is 13.0 Å². The lowest BCUT2D eigenvalue weighted by Gasteiger charge is -2.44. The predicted molar refractivity (Wildman–Crippen MR) is 67.5 cm³/mol. The summed E-state index contributed by atoms with van der Waals surface area (Å²) in [4.78, 5) is 14.4. The van der Waals surface area contributed by atoms with Crippen LogP contribution < -0.4 is 0 Å². The fraction of sp³-hybridized carbons (Fsp3) is 0.857. The van der Waals surface area contributed by atoms with Gasteiger partial charge in [-0.05, 0) is 31.6 Å². The van der Waals surface area contributed by atoms with Crippen molar-refractivity contribution in [3.05, 3.63) is 0 Å². The third kappa shape index (κ3) is 2.24. The first-order chi connectivity index (χ1) is 8.63. The molecule has 0 saturated heterocycles. The summed E-state index contributed by atoms with van der Waals surface area (Å²) in [5, 5.41) is 18.5. The Balaban J connectivity index is 2.10. The van der Waals surface area contributed by atoms with Gasteiger partial charge in [-0.2, -0.15) is 5.26 Å². The highest BCUT2D eigenvalue weighted by atomic mass is 16.3. The second-order valence-corrected chi connectivity index (χ2v) is 5.87. The van der Waals surface area contributed by atoms with Gasteiger partial charge in [0.1, 0.15) is 5.41 Å². The molecule has 0 spiro atoms. The largest absolute Gasteiger partial charge is 0.395 e. The summed E-state index contributed by atoms with van der Waals surface area (Å²) in [7, 11) is 0. The number of hydrogen-bond donors (Lipinski definition) is 1. The van der Waals surface area contributed by atoms with Crippen molar-refractivity contribution in [2.45, 2.75) is 51.5 Å². The van der Waals surface area contributed by atoms with Crippen LogP contribution in [0, 0.1) is 22.7 Å². The Morgan fingerprint density at radius 1 is 1.44 bits per heavy atom. The van der Waals surface area contributed by atoms with Crippen LogP contribution in [0.1, 0.15) is 45.4 Å². The lowest BCUT2D eigenvalue weighted by Crippen LogP contribution is -2.53. The Morgan fingerprint density at radius 2 is 2.06 bits per heavy atom. The number of aliphatic hydroxyl groups is 1. The molecular formula is C14H22N2O2. The summed E-state index contributed by atoms with van der Waals surface area (Å²) in [6, 6.07) is 2.48. The van der Waals surface area contributed by atoms with Gasteiger partial charge in [0.2, 0.25) is 5.91 Å². The maximum atomic E-state index is 12.6. The van der Waals surface area contributed by atoms with Crippen LogP contribution in [-0.4, -0.2) is 35.1 Å². The summed E-state index contributed by atoms with van der Waals surface area (Å²) in [5.41, 5.74) is -0.794. The second kappa shape index (κ2) is 5.27. The number of nitrogens with zero attached hydrogens (tertiary/aromatic N) is 2. The van der Waals surface area contributed by atoms with Crippen molar-refractivity contribution in [1.29, 1.82) is 5.26 Å². The van der Waals surface area contributed by atoms with Gasteiger partial charge in [-0.25, -0.2) is 0 Å². The molecule has 0 unspecified atom stereocenters. The second-order valence-electron chi connectivity index (χ2n) is 5.87. The van der Waals surface area contributed by atoms with Crippen LogP contribution in [0.5, 0.6) is 0 Å². The minimum atomic E-state index is -0.794. The summed E-state index contributed by atoms with van der Waals surface area (Å²) in [5.74, 6) is 0.428. The Hall–Kier alpha value is -1.08. The monoisotopic (exact) mass is 250 g/mol. The van der Waals surface area contributed by atoms with Crippen LogP contribution in [0.2, 0.25) is 0 Å². The van der Waals surface area contributed by atoms with E-state index in [1.54, 1.807) is 4.90 Å². The standard InChI is InChI=1S/C14H22N2O2/c1-11-8-14(9-11,10-15)13(18)16(6-7-17)12-4-2-3-5-12/h11-12,17H,2-9H2,1H3. The number of carbonyl (C=O) groups excluding carboxylic acids is 1. The Morgan fingerprint density at radius 3 is 2.50 bits per heavy atom. The summed E-state index contributed by atoms with van der Waals surface area (Å²) in [6.45, 7) is 2.44. The maximum absolute atomic E-state index is 12.6. The molecule has 4 nitrogen and oxygen atoms in total. The first-order valence-electron chi connectivity index (χ1n) is 6.96. The highest BCUT2D eigenvalue weighted by molar-refractivity contribution is 5.87. The van der Waals surface area contributed by atoms with E-state index >= 15 is 0 Å². The molecule has 2 fully saturated rings. The molecule has 0 aliphatic heterocycles. The van der Waals surface area contributed by atoms with Gasteiger partial charge in [-0.1, -0.05) is 19.8 Å². The van der Waals surface area contributed by atoms with E-state index in [1.165, 1.54) is 0 Å². The zero-order valence-corrected chi connectivity index (χ0v) is 11.1. The Bertz CT molecular complexity index is 349. The van der Waals surface area contributed by atoms with Crippen molar-refractivity contribution in [1.82, 2.24) is 4.90 Å². The normalized spacial score (nSPS) is 31.7. The molecule has 1 amide bonds. The van der Waals surface area contributed by atoms with Gasteiger partial charge >= 0.3 is 0 Å². The van der Waals surface area contributed by atoms with Crippen molar-refractivity contribution in [2.75, 3.05) is 13.2 Å². The summed E-state index contributed by atoms with van der Waals surface area (Å²) < 4.78 is 0. The minimum Gasteiger partial charge on any atom is -0.395 e. The first-order valence-corrected chi connectivity index (χ1v) is 6.96. The molecule has 0 radical (unpaired) electrons.